The van der Waals surface area contributed by atoms with E-state index in [-0.39, 0.29) is 25.1 Å². The van der Waals surface area contributed by atoms with Crippen molar-refractivity contribution in [3.05, 3.63) is 42.2 Å². The van der Waals surface area contributed by atoms with Crippen molar-refractivity contribution in [1.29, 1.82) is 0 Å². The molecule has 0 spiro atoms. The first kappa shape index (κ1) is 33.3. The average molecular weight is 605 g/mol. The van der Waals surface area contributed by atoms with E-state index in [1.165, 1.54) is 24.3 Å². The van der Waals surface area contributed by atoms with Gasteiger partial charge in [-0.05, 0) is 57.2 Å². The molecule has 4 N–H and O–H groups in total. The van der Waals surface area contributed by atoms with E-state index >= 15 is 0 Å². The number of ether oxygens (including phenoxy) is 2. The minimum Gasteiger partial charge on any atom is -0.479 e. The zero-order valence-corrected chi connectivity index (χ0v) is 25.6. The first-order chi connectivity index (χ1) is 19.8. The van der Waals surface area contributed by atoms with Crippen molar-refractivity contribution in [2.24, 2.45) is 11.3 Å². The molecule has 13 heteroatoms. The van der Waals surface area contributed by atoms with Crippen LogP contribution in [0.25, 0.3) is 0 Å². The van der Waals surface area contributed by atoms with Crippen molar-refractivity contribution in [3.8, 4) is 0 Å². The topological polar surface area (TPSA) is 163 Å². The summed E-state index contributed by atoms with van der Waals surface area (Å²) in [6, 6.07) is 1.74. The van der Waals surface area contributed by atoms with Gasteiger partial charge in [0, 0.05) is 12.3 Å². The summed E-state index contributed by atoms with van der Waals surface area (Å²) in [6.45, 7) is 15.3. The minimum atomic E-state index is -1.56. The number of likely N-dealkylation sites (tertiary alicyclic amines) is 1. The molecule has 0 bridgehead atoms. The molecule has 1 aliphatic carbocycles. The smallest absolute Gasteiger partial charge is 0.412 e. The predicted molar refractivity (Wildman–Crippen MR) is 155 cm³/mol. The van der Waals surface area contributed by atoms with E-state index in [1.807, 2.05) is 0 Å². The van der Waals surface area contributed by atoms with Crippen LogP contribution in [-0.2, 0) is 23.9 Å². The Kier molecular flexibility index (Phi) is 9.47. The van der Waals surface area contributed by atoms with Crippen LogP contribution >= 0.6 is 0 Å². The van der Waals surface area contributed by atoms with Crippen LogP contribution in [0.2, 0.25) is 0 Å². The number of anilines is 1. The largest absolute Gasteiger partial charge is 0.479 e. The molecule has 12 nitrogen and oxygen atoms in total. The molecule has 5 atom stereocenters. The van der Waals surface area contributed by atoms with Gasteiger partial charge in [-0.15, -0.1) is 6.58 Å². The lowest BCUT2D eigenvalue weighted by atomic mass is 9.85. The van der Waals surface area contributed by atoms with E-state index < -0.39 is 76.4 Å². The van der Waals surface area contributed by atoms with Crippen LogP contribution in [-0.4, -0.2) is 75.8 Å². The molecule has 43 heavy (non-hydrogen) atoms. The summed E-state index contributed by atoms with van der Waals surface area (Å²) in [5.41, 5.74) is -2.66. The summed E-state index contributed by atoms with van der Waals surface area (Å²) in [6.07, 6.45) is -1.45. The van der Waals surface area contributed by atoms with E-state index in [4.69, 9.17) is 9.47 Å². The molecule has 236 valence electrons. The normalized spacial score (nSPS) is 23.9. The number of rotatable bonds is 8. The zero-order chi connectivity index (χ0) is 32.5. The standard InChI is InChI=1S/C30H41FN4O8/c1-9-17-14-30(17,25(38)39)34-23(36)21-13-18(42-26(40)32-20-12-16(2)10-11-19(20)31)15-35(21)24(37)22(28(3,4)5)33-27(41)43-29(6,7)8/h9-12,17-18,21-22H,1,13-15H2,2-8H3,(H,32,40)(H,33,41)(H,34,36)(H,38,39). The number of hydrogen-bond acceptors (Lipinski definition) is 7. The molecule has 4 amide bonds. The third-order valence-corrected chi connectivity index (χ3v) is 7.28. The van der Waals surface area contributed by atoms with Gasteiger partial charge in [-0.2, -0.15) is 0 Å². The van der Waals surface area contributed by atoms with Gasteiger partial charge in [-0.25, -0.2) is 18.8 Å². The molecule has 1 aromatic carbocycles. The molecular formula is C30H41FN4O8. The number of benzene rings is 1. The van der Waals surface area contributed by atoms with Gasteiger partial charge >= 0.3 is 18.2 Å². The number of aliphatic carboxylic acids is 1. The Balaban J connectivity index is 1.87. The maximum Gasteiger partial charge on any atom is 0.412 e. The van der Waals surface area contributed by atoms with Gasteiger partial charge in [0.2, 0.25) is 11.8 Å². The van der Waals surface area contributed by atoms with Crippen LogP contribution in [0.3, 0.4) is 0 Å². The highest BCUT2D eigenvalue weighted by molar-refractivity contribution is 5.96. The summed E-state index contributed by atoms with van der Waals surface area (Å²) in [4.78, 5) is 66.1. The number of amides is 4. The first-order valence-corrected chi connectivity index (χ1v) is 14.0. The molecule has 5 unspecified atom stereocenters. The fraction of sp³-hybridized carbons (Fsp3) is 0.567. The molecule has 1 aliphatic heterocycles. The van der Waals surface area contributed by atoms with Crippen LogP contribution in [0.15, 0.2) is 30.9 Å². The van der Waals surface area contributed by atoms with E-state index in [0.29, 0.717) is 5.56 Å². The summed E-state index contributed by atoms with van der Waals surface area (Å²) < 4.78 is 25.0. The van der Waals surface area contributed by atoms with E-state index in [0.717, 1.165) is 4.90 Å². The maximum absolute atomic E-state index is 14.2. The highest BCUT2D eigenvalue weighted by Crippen LogP contribution is 2.45. The third kappa shape index (κ3) is 8.02. The number of carbonyl (C=O) groups excluding carboxylic acids is 4. The Bertz CT molecular complexity index is 1300. The highest BCUT2D eigenvalue weighted by atomic mass is 19.1. The van der Waals surface area contributed by atoms with Crippen LogP contribution < -0.4 is 16.0 Å². The lowest BCUT2D eigenvalue weighted by molar-refractivity contribution is -0.146. The number of halogens is 1. The van der Waals surface area contributed by atoms with Gasteiger partial charge in [0.1, 0.15) is 35.1 Å². The molecule has 1 saturated carbocycles. The molecule has 0 radical (unpaired) electrons. The Morgan fingerprint density at radius 3 is 2.33 bits per heavy atom. The van der Waals surface area contributed by atoms with Gasteiger partial charge in [0.25, 0.3) is 0 Å². The number of alkyl carbamates (subject to hydrolysis) is 1. The molecule has 0 aromatic heterocycles. The number of hydrogen-bond donors (Lipinski definition) is 4. The number of nitrogens with one attached hydrogen (secondary N) is 3. The Labute approximate surface area is 250 Å². The molecule has 1 heterocycles. The molecular weight excluding hydrogens is 563 g/mol. The Hall–Kier alpha value is -4.16. The predicted octanol–water partition coefficient (Wildman–Crippen LogP) is 3.74. The van der Waals surface area contributed by atoms with Crippen molar-refractivity contribution >= 4 is 35.7 Å². The minimum absolute atomic E-state index is 0.104. The SMILES string of the molecule is C=CC1CC1(NC(=O)C1CC(OC(=O)Nc2cc(C)ccc2F)CN1C(=O)C(NC(=O)OC(C)(C)C)C(C)(C)C)C(=O)O. The number of nitrogens with zero attached hydrogens (tertiary/aromatic N) is 1. The fourth-order valence-corrected chi connectivity index (χ4v) is 4.96. The Morgan fingerprint density at radius 1 is 1.14 bits per heavy atom. The number of carboxylic acid groups (broad SMARTS) is 1. The van der Waals surface area contributed by atoms with Crippen LogP contribution in [0.4, 0.5) is 19.7 Å². The van der Waals surface area contributed by atoms with Gasteiger partial charge in [-0.1, -0.05) is 32.9 Å². The average Bonchev–Trinajstić information content (AvgIpc) is 3.43. The summed E-state index contributed by atoms with van der Waals surface area (Å²) in [5, 5.41) is 17.3. The van der Waals surface area contributed by atoms with E-state index in [1.54, 1.807) is 48.5 Å². The first-order valence-electron chi connectivity index (χ1n) is 14.0. The number of carboxylic acids is 1. The van der Waals surface area contributed by atoms with Gasteiger partial charge < -0.3 is 30.1 Å². The molecule has 1 aromatic rings. The van der Waals surface area contributed by atoms with Crippen LogP contribution in [0, 0.1) is 24.1 Å². The maximum atomic E-state index is 14.2. The van der Waals surface area contributed by atoms with Crippen molar-refractivity contribution in [1.82, 2.24) is 15.5 Å². The monoisotopic (exact) mass is 604 g/mol. The lowest BCUT2D eigenvalue weighted by Gasteiger charge is -2.35. The molecule has 1 saturated heterocycles. The second-order valence-electron chi connectivity index (χ2n) is 13.1. The number of carbonyl (C=O) groups is 5. The van der Waals surface area contributed by atoms with Crippen molar-refractivity contribution in [2.75, 3.05) is 11.9 Å². The van der Waals surface area contributed by atoms with Crippen LogP contribution in [0.5, 0.6) is 0 Å². The van der Waals surface area contributed by atoms with E-state index in [2.05, 4.69) is 22.5 Å². The second kappa shape index (κ2) is 12.2. The summed E-state index contributed by atoms with van der Waals surface area (Å²) in [5.74, 6) is -3.84. The summed E-state index contributed by atoms with van der Waals surface area (Å²) >= 11 is 0. The molecule has 2 aliphatic rings. The van der Waals surface area contributed by atoms with Crippen molar-refractivity contribution in [2.45, 2.75) is 90.6 Å². The quantitative estimate of drug-likeness (QED) is 0.326. The van der Waals surface area contributed by atoms with Crippen molar-refractivity contribution < 1.29 is 42.9 Å². The molecule has 3 rings (SSSR count). The van der Waals surface area contributed by atoms with Crippen LogP contribution in [0.1, 0.15) is 59.9 Å². The lowest BCUT2D eigenvalue weighted by Crippen LogP contribution is -2.59. The zero-order valence-electron chi connectivity index (χ0n) is 25.6. The second-order valence-corrected chi connectivity index (χ2v) is 13.1. The molecule has 2 fully saturated rings. The Morgan fingerprint density at radius 2 is 1.79 bits per heavy atom. The van der Waals surface area contributed by atoms with Gasteiger partial charge in [0.05, 0.1) is 12.2 Å². The van der Waals surface area contributed by atoms with E-state index in [9.17, 15) is 33.5 Å². The summed E-state index contributed by atoms with van der Waals surface area (Å²) in [7, 11) is 0. The van der Waals surface area contributed by atoms with Gasteiger partial charge in [0.15, 0.2) is 0 Å². The fourth-order valence-electron chi connectivity index (χ4n) is 4.96. The van der Waals surface area contributed by atoms with Crippen molar-refractivity contribution in [3.63, 3.8) is 0 Å². The van der Waals surface area contributed by atoms with Gasteiger partial charge in [-0.3, -0.25) is 14.9 Å². The third-order valence-electron chi connectivity index (χ3n) is 7.28. The highest BCUT2D eigenvalue weighted by Gasteiger charge is 2.61. The number of aryl methyl sites for hydroxylation is 1.